The summed E-state index contributed by atoms with van der Waals surface area (Å²) >= 11 is 0. The number of piperidine rings is 3. The van der Waals surface area contributed by atoms with E-state index in [4.69, 9.17) is 4.74 Å². The van der Waals surface area contributed by atoms with E-state index in [9.17, 15) is 4.79 Å². The summed E-state index contributed by atoms with van der Waals surface area (Å²) in [6, 6.07) is 0. The number of esters is 1. The van der Waals surface area contributed by atoms with Gasteiger partial charge in [-0.2, -0.15) is 0 Å². The number of nitrogens with zero attached hydrogens (tertiary/aromatic N) is 1. The number of fused-ring (bicyclic) bond motifs is 3. The minimum absolute atomic E-state index is 0.0389. The lowest BCUT2D eigenvalue weighted by molar-refractivity contribution is -0.147. The van der Waals surface area contributed by atoms with E-state index >= 15 is 0 Å². The van der Waals surface area contributed by atoms with Gasteiger partial charge in [0.15, 0.2) is 0 Å². The zero-order chi connectivity index (χ0) is 11.6. The Morgan fingerprint density at radius 3 is 2.62 bits per heavy atom. The van der Waals surface area contributed by atoms with Crippen molar-refractivity contribution in [2.24, 2.45) is 5.92 Å². The van der Waals surface area contributed by atoms with Gasteiger partial charge in [0.2, 0.25) is 0 Å². The molecule has 2 bridgehead atoms. The van der Waals surface area contributed by atoms with Crippen LogP contribution in [0.4, 0.5) is 0 Å². The molecular weight excluding hydrogens is 204 g/mol. The molecule has 0 spiro atoms. The monoisotopic (exact) mass is 226 g/mol. The van der Waals surface area contributed by atoms with E-state index in [-0.39, 0.29) is 11.5 Å². The van der Waals surface area contributed by atoms with Gasteiger partial charge >= 0.3 is 5.97 Å². The largest absolute Gasteiger partial charge is 0.466 e. The molecular formula is C12H22N2O2. The first kappa shape index (κ1) is 11.9. The molecule has 4 nitrogen and oxygen atoms in total. The standard InChI is InChI=1S/C12H22N2O2/c1-3-16-11(15)8-12(13-2)9-14-6-4-10(12)5-7-14/h10,13H,3-9H2,1-2H3. The molecule has 3 aliphatic heterocycles. The molecule has 0 radical (unpaired) electrons. The molecule has 3 saturated heterocycles. The molecule has 3 heterocycles. The van der Waals surface area contributed by atoms with Crippen LogP contribution in [0.3, 0.4) is 0 Å². The van der Waals surface area contributed by atoms with Gasteiger partial charge in [-0.05, 0) is 45.8 Å². The molecule has 1 atom stereocenters. The van der Waals surface area contributed by atoms with Gasteiger partial charge in [-0.15, -0.1) is 0 Å². The molecule has 0 aromatic heterocycles. The van der Waals surface area contributed by atoms with Crippen LogP contribution in [0.25, 0.3) is 0 Å². The van der Waals surface area contributed by atoms with Crippen molar-refractivity contribution in [2.45, 2.75) is 31.7 Å². The molecule has 92 valence electrons. The van der Waals surface area contributed by atoms with Crippen LogP contribution in [0, 0.1) is 5.92 Å². The molecule has 0 aliphatic carbocycles. The first-order chi connectivity index (χ1) is 7.70. The van der Waals surface area contributed by atoms with Gasteiger partial charge in [0, 0.05) is 12.1 Å². The van der Waals surface area contributed by atoms with Gasteiger partial charge in [0.05, 0.1) is 13.0 Å². The second-order valence-corrected chi connectivity index (χ2v) is 4.94. The van der Waals surface area contributed by atoms with Gasteiger partial charge in [-0.1, -0.05) is 0 Å². The third kappa shape index (κ3) is 2.09. The van der Waals surface area contributed by atoms with Crippen molar-refractivity contribution < 1.29 is 9.53 Å². The Bertz CT molecular complexity index is 262. The maximum Gasteiger partial charge on any atom is 0.307 e. The quantitative estimate of drug-likeness (QED) is 0.714. The normalized spacial score (nSPS) is 37.4. The van der Waals surface area contributed by atoms with Gasteiger partial charge in [0.25, 0.3) is 0 Å². The van der Waals surface area contributed by atoms with E-state index in [1.165, 1.54) is 25.9 Å². The molecule has 4 heteroatoms. The molecule has 1 unspecified atom stereocenters. The van der Waals surface area contributed by atoms with Crippen LogP contribution in [0.2, 0.25) is 0 Å². The molecule has 1 N–H and O–H groups in total. The van der Waals surface area contributed by atoms with E-state index in [1.807, 2.05) is 14.0 Å². The summed E-state index contributed by atoms with van der Waals surface area (Å²) in [6.07, 6.45) is 2.93. The minimum Gasteiger partial charge on any atom is -0.466 e. The lowest BCUT2D eigenvalue weighted by Gasteiger charge is -2.53. The van der Waals surface area contributed by atoms with Crippen molar-refractivity contribution >= 4 is 5.97 Å². The lowest BCUT2D eigenvalue weighted by atomic mass is 9.71. The topological polar surface area (TPSA) is 41.6 Å². The van der Waals surface area contributed by atoms with Crippen LogP contribution >= 0.6 is 0 Å². The number of hydrogen-bond acceptors (Lipinski definition) is 4. The highest BCUT2D eigenvalue weighted by molar-refractivity contribution is 5.71. The van der Waals surface area contributed by atoms with E-state index in [1.54, 1.807) is 0 Å². The van der Waals surface area contributed by atoms with Crippen molar-refractivity contribution in [3.63, 3.8) is 0 Å². The Hall–Kier alpha value is -0.610. The summed E-state index contributed by atoms with van der Waals surface area (Å²) in [5.74, 6) is 0.567. The number of hydrogen-bond donors (Lipinski definition) is 1. The second kappa shape index (κ2) is 4.72. The fourth-order valence-electron chi connectivity index (χ4n) is 3.21. The van der Waals surface area contributed by atoms with E-state index in [0.29, 0.717) is 18.9 Å². The predicted molar refractivity (Wildman–Crippen MR) is 62.2 cm³/mol. The number of likely N-dealkylation sites (N-methyl/N-ethyl adjacent to an activating group) is 1. The highest BCUT2D eigenvalue weighted by Gasteiger charge is 2.47. The molecule has 3 fully saturated rings. The number of rotatable bonds is 4. The maximum absolute atomic E-state index is 11.7. The van der Waals surface area contributed by atoms with Crippen molar-refractivity contribution in [1.29, 1.82) is 0 Å². The number of carbonyl (C=O) groups is 1. The number of ether oxygens (including phenoxy) is 1. The minimum atomic E-state index is -0.0643. The van der Waals surface area contributed by atoms with Gasteiger partial charge in [-0.3, -0.25) is 4.79 Å². The summed E-state index contributed by atoms with van der Waals surface area (Å²) in [4.78, 5) is 14.1. The molecule has 0 amide bonds. The molecule has 0 aromatic carbocycles. The predicted octanol–water partition coefficient (Wildman–Crippen LogP) is 0.623. The Balaban J connectivity index is 2.04. The highest BCUT2D eigenvalue weighted by Crippen LogP contribution is 2.37. The van der Waals surface area contributed by atoms with Crippen LogP contribution in [0.1, 0.15) is 26.2 Å². The summed E-state index contributed by atoms with van der Waals surface area (Å²) in [5.41, 5.74) is -0.0389. The third-order valence-electron chi connectivity index (χ3n) is 4.14. The number of nitrogens with one attached hydrogen (secondary N) is 1. The summed E-state index contributed by atoms with van der Waals surface area (Å²) in [7, 11) is 1.97. The highest BCUT2D eigenvalue weighted by atomic mass is 16.5. The maximum atomic E-state index is 11.7. The van der Waals surface area contributed by atoms with Crippen molar-refractivity contribution in [3.05, 3.63) is 0 Å². The summed E-state index contributed by atoms with van der Waals surface area (Å²) in [5, 5.41) is 3.40. The molecule has 0 aromatic rings. The van der Waals surface area contributed by atoms with Crippen molar-refractivity contribution in [3.8, 4) is 0 Å². The smallest absolute Gasteiger partial charge is 0.307 e. The van der Waals surface area contributed by atoms with Crippen molar-refractivity contribution in [1.82, 2.24) is 10.2 Å². The lowest BCUT2D eigenvalue weighted by Crippen LogP contribution is -2.65. The average molecular weight is 226 g/mol. The van der Waals surface area contributed by atoms with Gasteiger partial charge < -0.3 is 15.0 Å². The summed E-state index contributed by atoms with van der Waals surface area (Å²) in [6.45, 7) is 5.72. The van der Waals surface area contributed by atoms with Gasteiger partial charge in [0.1, 0.15) is 0 Å². The first-order valence-electron chi connectivity index (χ1n) is 6.27. The Morgan fingerprint density at radius 2 is 2.19 bits per heavy atom. The van der Waals surface area contributed by atoms with Crippen LogP contribution in [0.15, 0.2) is 0 Å². The number of carbonyl (C=O) groups excluding carboxylic acids is 1. The second-order valence-electron chi connectivity index (χ2n) is 4.94. The van der Waals surface area contributed by atoms with E-state index in [0.717, 1.165) is 6.54 Å². The molecule has 3 rings (SSSR count). The van der Waals surface area contributed by atoms with Gasteiger partial charge in [-0.25, -0.2) is 0 Å². The first-order valence-corrected chi connectivity index (χ1v) is 6.27. The fraction of sp³-hybridized carbons (Fsp3) is 0.917. The Labute approximate surface area is 97.3 Å². The molecule has 16 heavy (non-hydrogen) atoms. The Kier molecular flexibility index (Phi) is 3.50. The zero-order valence-electron chi connectivity index (χ0n) is 10.3. The average Bonchev–Trinajstić information content (AvgIpc) is 2.30. The van der Waals surface area contributed by atoms with Crippen molar-refractivity contribution in [2.75, 3.05) is 33.3 Å². The van der Waals surface area contributed by atoms with Crippen LogP contribution in [-0.2, 0) is 9.53 Å². The van der Waals surface area contributed by atoms with E-state index < -0.39 is 0 Å². The Morgan fingerprint density at radius 1 is 1.50 bits per heavy atom. The van der Waals surface area contributed by atoms with Crippen LogP contribution in [0.5, 0.6) is 0 Å². The molecule has 3 aliphatic rings. The fourth-order valence-corrected chi connectivity index (χ4v) is 3.21. The van der Waals surface area contributed by atoms with E-state index in [2.05, 4.69) is 10.2 Å². The summed E-state index contributed by atoms with van der Waals surface area (Å²) < 4.78 is 5.08. The zero-order valence-corrected chi connectivity index (χ0v) is 10.3. The van der Waals surface area contributed by atoms with Crippen LogP contribution < -0.4 is 5.32 Å². The third-order valence-corrected chi connectivity index (χ3v) is 4.14. The SMILES string of the molecule is CCOC(=O)CC1(NC)CN2CCC1CC2. The van der Waals surface area contributed by atoms with Crippen LogP contribution in [-0.4, -0.2) is 49.7 Å². The molecule has 0 saturated carbocycles.